The zero-order valence-corrected chi connectivity index (χ0v) is 10.5. The van der Waals surface area contributed by atoms with E-state index >= 15 is 0 Å². The molecule has 0 aliphatic heterocycles. The number of nitrogens with zero attached hydrogens (tertiary/aromatic N) is 1. The molecule has 1 saturated carbocycles. The van der Waals surface area contributed by atoms with Gasteiger partial charge in [-0.05, 0) is 30.5 Å². The molecule has 0 bridgehead atoms. The van der Waals surface area contributed by atoms with Gasteiger partial charge in [-0.25, -0.2) is 4.79 Å². The number of rotatable bonds is 3. The van der Waals surface area contributed by atoms with Crippen molar-refractivity contribution in [3.63, 3.8) is 0 Å². The summed E-state index contributed by atoms with van der Waals surface area (Å²) in [5.74, 6) is 0. The van der Waals surface area contributed by atoms with Gasteiger partial charge in [-0.1, -0.05) is 30.3 Å². The molecule has 0 spiro atoms. The second kappa shape index (κ2) is 4.72. The van der Waals surface area contributed by atoms with Crippen molar-refractivity contribution < 1.29 is 4.79 Å². The van der Waals surface area contributed by atoms with E-state index in [0.29, 0.717) is 0 Å². The third-order valence-electron chi connectivity index (χ3n) is 3.37. The molecule has 1 aliphatic rings. The average molecular weight is 253 g/mol. The molecular formula is C15H15N3O. The first-order valence-corrected chi connectivity index (χ1v) is 6.33. The second-order valence-electron chi connectivity index (χ2n) is 4.76. The normalized spacial score (nSPS) is 15.6. The van der Waals surface area contributed by atoms with Gasteiger partial charge >= 0.3 is 6.03 Å². The van der Waals surface area contributed by atoms with Crippen LogP contribution in [0.4, 0.5) is 10.5 Å². The van der Waals surface area contributed by atoms with Crippen molar-refractivity contribution in [2.24, 2.45) is 0 Å². The molecule has 4 nitrogen and oxygen atoms in total. The van der Waals surface area contributed by atoms with Crippen LogP contribution in [0.25, 0.3) is 0 Å². The Morgan fingerprint density at radius 2 is 1.74 bits per heavy atom. The van der Waals surface area contributed by atoms with Crippen molar-refractivity contribution in [1.82, 2.24) is 10.3 Å². The van der Waals surface area contributed by atoms with Crippen molar-refractivity contribution >= 4 is 11.7 Å². The van der Waals surface area contributed by atoms with E-state index in [1.165, 1.54) is 5.56 Å². The molecule has 1 heterocycles. The number of nitrogens with one attached hydrogen (secondary N) is 2. The molecule has 2 aromatic rings. The van der Waals surface area contributed by atoms with Gasteiger partial charge in [-0.15, -0.1) is 0 Å². The van der Waals surface area contributed by atoms with Crippen LogP contribution in [0, 0.1) is 0 Å². The Morgan fingerprint density at radius 3 is 2.37 bits per heavy atom. The Labute approximate surface area is 111 Å². The summed E-state index contributed by atoms with van der Waals surface area (Å²) in [5, 5.41) is 5.88. The molecule has 1 fully saturated rings. The molecule has 4 heteroatoms. The van der Waals surface area contributed by atoms with E-state index in [4.69, 9.17) is 0 Å². The summed E-state index contributed by atoms with van der Waals surface area (Å²) >= 11 is 0. The molecular weight excluding hydrogens is 238 g/mol. The first-order chi connectivity index (χ1) is 9.28. The summed E-state index contributed by atoms with van der Waals surface area (Å²) in [4.78, 5) is 15.9. The maximum Gasteiger partial charge on any atom is 0.319 e. The predicted octanol–water partition coefficient (Wildman–Crippen LogP) is 2.89. The molecule has 1 aliphatic carbocycles. The first kappa shape index (κ1) is 11.7. The van der Waals surface area contributed by atoms with E-state index in [1.807, 2.05) is 18.2 Å². The fraction of sp³-hybridized carbons (Fsp3) is 0.200. The van der Waals surface area contributed by atoms with E-state index in [2.05, 4.69) is 27.8 Å². The quantitative estimate of drug-likeness (QED) is 0.883. The molecule has 2 N–H and O–H groups in total. The van der Waals surface area contributed by atoms with Gasteiger partial charge in [0, 0.05) is 18.1 Å². The largest absolute Gasteiger partial charge is 0.328 e. The van der Waals surface area contributed by atoms with E-state index in [-0.39, 0.29) is 11.6 Å². The topological polar surface area (TPSA) is 54.0 Å². The highest BCUT2D eigenvalue weighted by Crippen LogP contribution is 2.45. The second-order valence-corrected chi connectivity index (χ2v) is 4.76. The number of urea groups is 1. The molecule has 3 rings (SSSR count). The molecule has 1 aromatic carbocycles. The number of carbonyl (C=O) groups is 1. The van der Waals surface area contributed by atoms with Crippen LogP contribution in [-0.4, -0.2) is 11.0 Å². The summed E-state index contributed by atoms with van der Waals surface area (Å²) in [6.45, 7) is 0. The average Bonchev–Trinajstić information content (AvgIpc) is 3.21. The maximum absolute atomic E-state index is 12.0. The van der Waals surface area contributed by atoms with Crippen LogP contribution in [0.3, 0.4) is 0 Å². The number of amides is 2. The standard InChI is InChI=1S/C15H15N3O/c19-14(17-13-6-10-16-11-7-13)18-15(8-9-15)12-4-2-1-3-5-12/h1-7,10-11H,8-9H2,(H2,16,17,18,19). The minimum Gasteiger partial charge on any atom is -0.328 e. The highest BCUT2D eigenvalue weighted by molar-refractivity contribution is 5.90. The number of pyridine rings is 1. The van der Waals surface area contributed by atoms with Gasteiger partial charge in [0.15, 0.2) is 0 Å². The summed E-state index contributed by atoms with van der Waals surface area (Å²) in [6.07, 6.45) is 5.28. The Hall–Kier alpha value is -2.36. The fourth-order valence-electron chi connectivity index (χ4n) is 2.18. The minimum absolute atomic E-state index is 0.174. The van der Waals surface area contributed by atoms with E-state index in [9.17, 15) is 4.79 Å². The van der Waals surface area contributed by atoms with E-state index < -0.39 is 0 Å². The van der Waals surface area contributed by atoms with Crippen LogP contribution in [0.15, 0.2) is 54.9 Å². The number of benzene rings is 1. The Bertz CT molecular complexity index is 564. The molecule has 0 radical (unpaired) electrons. The lowest BCUT2D eigenvalue weighted by Crippen LogP contribution is -2.38. The molecule has 96 valence electrons. The SMILES string of the molecule is O=C(Nc1ccncc1)NC1(c2ccccc2)CC1. The van der Waals surface area contributed by atoms with Gasteiger partial charge in [0.05, 0.1) is 5.54 Å². The van der Waals surface area contributed by atoms with Gasteiger partial charge in [-0.3, -0.25) is 4.98 Å². The number of carbonyl (C=O) groups excluding carboxylic acids is 1. The summed E-state index contributed by atoms with van der Waals surface area (Å²) < 4.78 is 0. The summed E-state index contributed by atoms with van der Waals surface area (Å²) in [7, 11) is 0. The van der Waals surface area contributed by atoms with Gasteiger partial charge in [0.1, 0.15) is 0 Å². The van der Waals surface area contributed by atoms with E-state index in [0.717, 1.165) is 18.5 Å². The first-order valence-electron chi connectivity index (χ1n) is 6.33. The number of hydrogen-bond donors (Lipinski definition) is 2. The third-order valence-corrected chi connectivity index (χ3v) is 3.37. The molecule has 0 atom stereocenters. The summed E-state index contributed by atoms with van der Waals surface area (Å²) in [5.41, 5.74) is 1.73. The van der Waals surface area contributed by atoms with Gasteiger partial charge in [0.25, 0.3) is 0 Å². The number of aromatic nitrogens is 1. The predicted molar refractivity (Wildman–Crippen MR) is 73.7 cm³/mol. The van der Waals surface area contributed by atoms with Crippen molar-refractivity contribution in [2.75, 3.05) is 5.32 Å². The maximum atomic E-state index is 12.0. The van der Waals surface area contributed by atoms with Crippen molar-refractivity contribution in [3.05, 3.63) is 60.4 Å². The Balaban J connectivity index is 1.67. The highest BCUT2D eigenvalue weighted by atomic mass is 16.2. The minimum atomic E-state index is -0.182. The molecule has 0 saturated heterocycles. The van der Waals surface area contributed by atoms with Crippen LogP contribution >= 0.6 is 0 Å². The monoisotopic (exact) mass is 253 g/mol. The van der Waals surface area contributed by atoms with Crippen LogP contribution in [0.5, 0.6) is 0 Å². The molecule has 0 unspecified atom stereocenters. The third kappa shape index (κ3) is 2.57. The van der Waals surface area contributed by atoms with Gasteiger partial charge in [0.2, 0.25) is 0 Å². The van der Waals surface area contributed by atoms with Crippen molar-refractivity contribution in [1.29, 1.82) is 0 Å². The Kier molecular flexibility index (Phi) is 2.91. The summed E-state index contributed by atoms with van der Waals surface area (Å²) in [6, 6.07) is 13.4. The Morgan fingerprint density at radius 1 is 1.05 bits per heavy atom. The molecule has 19 heavy (non-hydrogen) atoms. The van der Waals surface area contributed by atoms with Crippen LogP contribution < -0.4 is 10.6 Å². The smallest absolute Gasteiger partial charge is 0.319 e. The molecule has 2 amide bonds. The van der Waals surface area contributed by atoms with Crippen molar-refractivity contribution in [3.8, 4) is 0 Å². The molecule has 1 aromatic heterocycles. The van der Waals surface area contributed by atoms with E-state index in [1.54, 1.807) is 24.5 Å². The zero-order valence-electron chi connectivity index (χ0n) is 10.5. The van der Waals surface area contributed by atoms with Crippen LogP contribution in [0.1, 0.15) is 18.4 Å². The van der Waals surface area contributed by atoms with Crippen LogP contribution in [0.2, 0.25) is 0 Å². The van der Waals surface area contributed by atoms with Gasteiger partial charge < -0.3 is 10.6 Å². The van der Waals surface area contributed by atoms with Crippen molar-refractivity contribution in [2.45, 2.75) is 18.4 Å². The number of anilines is 1. The number of hydrogen-bond acceptors (Lipinski definition) is 2. The zero-order chi connectivity index (χ0) is 13.1. The van der Waals surface area contributed by atoms with Gasteiger partial charge in [-0.2, -0.15) is 0 Å². The van der Waals surface area contributed by atoms with Crippen LogP contribution in [-0.2, 0) is 5.54 Å². The lowest BCUT2D eigenvalue weighted by molar-refractivity contribution is 0.247. The lowest BCUT2D eigenvalue weighted by Gasteiger charge is -2.18. The lowest BCUT2D eigenvalue weighted by atomic mass is 10.1. The fourth-order valence-corrected chi connectivity index (χ4v) is 2.18. The highest BCUT2D eigenvalue weighted by Gasteiger charge is 2.45.